The van der Waals surface area contributed by atoms with E-state index in [4.69, 9.17) is 22.9 Å². The number of halogens is 5. The van der Waals surface area contributed by atoms with Crippen LogP contribution in [-0.2, 0) is 6.54 Å². The smallest absolute Gasteiger partial charge is 0.383 e. The van der Waals surface area contributed by atoms with Gasteiger partial charge in [-0.15, -0.1) is 0 Å². The molecule has 0 amide bonds. The summed E-state index contributed by atoms with van der Waals surface area (Å²) in [6.45, 7) is 0.459. The number of aromatic amines is 1. The molecular formula is C18H18ClF4N7O. The second kappa shape index (κ2) is 9.02. The van der Waals surface area contributed by atoms with Crippen molar-refractivity contribution < 1.29 is 17.6 Å². The minimum Gasteiger partial charge on any atom is -0.383 e. The Hall–Kier alpha value is -2.99. The van der Waals surface area contributed by atoms with Crippen LogP contribution < -0.4 is 21.5 Å². The standard InChI is InChI=1S/C18H18ClF4N7O/c19-15-14(7-27-29-17(15)31)30-4-3-12(13(8-30)28-25)26-6-9-1-2-10(20)5-11(9)16(24)18(21,22)23/h1-2,5,7,16,25-26H,3-4,6,8,24H2,(H,29,31)/t16-/m1/s1. The summed E-state index contributed by atoms with van der Waals surface area (Å²) < 4.78 is 52.7. The first kappa shape index (κ1) is 22.7. The molecule has 2 heterocycles. The molecule has 5 N–H and O–H groups in total. The summed E-state index contributed by atoms with van der Waals surface area (Å²) in [4.78, 5) is 13.4. The fourth-order valence-electron chi connectivity index (χ4n) is 3.23. The van der Waals surface area contributed by atoms with E-state index >= 15 is 0 Å². The maximum Gasteiger partial charge on any atom is 0.407 e. The summed E-state index contributed by atoms with van der Waals surface area (Å²) in [6.07, 6.45) is -2.99. The van der Waals surface area contributed by atoms with Gasteiger partial charge >= 0.3 is 6.18 Å². The molecule has 1 aromatic carbocycles. The first-order valence-corrected chi connectivity index (χ1v) is 9.41. The van der Waals surface area contributed by atoms with Crippen LogP contribution in [0, 0.1) is 11.3 Å². The predicted molar refractivity (Wildman–Crippen MR) is 105 cm³/mol. The highest BCUT2D eigenvalue weighted by Gasteiger charge is 2.39. The Balaban J connectivity index is 1.81. The van der Waals surface area contributed by atoms with Gasteiger partial charge < -0.3 is 16.0 Å². The molecule has 0 fully saturated rings. The zero-order chi connectivity index (χ0) is 22.8. The molecule has 0 bridgehead atoms. The van der Waals surface area contributed by atoms with Crippen molar-refractivity contribution in [2.45, 2.75) is 25.2 Å². The third kappa shape index (κ3) is 5.02. The number of benzene rings is 1. The van der Waals surface area contributed by atoms with Crippen LogP contribution in [0.5, 0.6) is 0 Å². The Morgan fingerprint density at radius 3 is 2.84 bits per heavy atom. The molecule has 8 nitrogen and oxygen atoms in total. The largest absolute Gasteiger partial charge is 0.407 e. The van der Waals surface area contributed by atoms with Crippen LogP contribution in [0.1, 0.15) is 23.6 Å². The van der Waals surface area contributed by atoms with Gasteiger partial charge in [-0.2, -0.15) is 23.4 Å². The molecule has 1 atom stereocenters. The highest BCUT2D eigenvalue weighted by molar-refractivity contribution is 6.33. The number of nitrogens with zero attached hydrogens (tertiary/aromatic N) is 3. The summed E-state index contributed by atoms with van der Waals surface area (Å²) >= 11 is 6.02. The highest BCUT2D eigenvalue weighted by atomic mass is 35.5. The highest BCUT2D eigenvalue weighted by Crippen LogP contribution is 2.33. The molecule has 166 valence electrons. The third-order valence-corrected chi connectivity index (χ3v) is 5.23. The Labute approximate surface area is 178 Å². The second-order valence-corrected chi connectivity index (χ2v) is 7.20. The van der Waals surface area contributed by atoms with Gasteiger partial charge in [0.05, 0.1) is 18.4 Å². The van der Waals surface area contributed by atoms with E-state index in [1.807, 2.05) is 0 Å². The van der Waals surface area contributed by atoms with Crippen molar-refractivity contribution in [2.75, 3.05) is 18.0 Å². The second-order valence-electron chi connectivity index (χ2n) is 6.82. The number of anilines is 1. The first-order chi connectivity index (χ1) is 14.6. The molecule has 13 heteroatoms. The molecule has 0 aliphatic carbocycles. The lowest BCUT2D eigenvalue weighted by Gasteiger charge is -2.31. The van der Waals surface area contributed by atoms with Gasteiger partial charge in [0.2, 0.25) is 0 Å². The van der Waals surface area contributed by atoms with Gasteiger partial charge in [0.25, 0.3) is 5.56 Å². The number of H-pyrrole nitrogens is 1. The molecule has 1 aromatic heterocycles. The number of nitrogens with two attached hydrogens (primary N) is 1. The Morgan fingerprint density at radius 2 is 2.16 bits per heavy atom. The molecule has 1 aliphatic heterocycles. The van der Waals surface area contributed by atoms with Crippen molar-refractivity contribution in [3.63, 3.8) is 0 Å². The average Bonchev–Trinajstić information content (AvgIpc) is 2.73. The summed E-state index contributed by atoms with van der Waals surface area (Å²) in [6, 6.07) is 0.724. The predicted octanol–water partition coefficient (Wildman–Crippen LogP) is 3.37. The maximum absolute atomic E-state index is 13.5. The van der Waals surface area contributed by atoms with E-state index in [2.05, 4.69) is 20.6 Å². The van der Waals surface area contributed by atoms with Crippen LogP contribution in [0.25, 0.3) is 0 Å². The summed E-state index contributed by atoms with van der Waals surface area (Å²) in [7, 11) is 0. The lowest BCUT2D eigenvalue weighted by Crippen LogP contribution is -2.36. The van der Waals surface area contributed by atoms with Crippen molar-refractivity contribution in [1.29, 1.82) is 5.53 Å². The van der Waals surface area contributed by atoms with Gasteiger partial charge in [-0.3, -0.25) is 4.79 Å². The van der Waals surface area contributed by atoms with E-state index in [0.717, 1.165) is 12.1 Å². The van der Waals surface area contributed by atoms with E-state index in [1.165, 1.54) is 12.3 Å². The molecular weight excluding hydrogens is 442 g/mol. The maximum atomic E-state index is 13.5. The zero-order valence-electron chi connectivity index (χ0n) is 15.9. The Kier molecular flexibility index (Phi) is 6.60. The van der Waals surface area contributed by atoms with Gasteiger partial charge in [0, 0.05) is 25.2 Å². The molecule has 0 saturated heterocycles. The van der Waals surface area contributed by atoms with E-state index in [-0.39, 0.29) is 29.2 Å². The van der Waals surface area contributed by atoms with Crippen molar-refractivity contribution in [3.8, 4) is 0 Å². The Morgan fingerprint density at radius 1 is 1.42 bits per heavy atom. The number of aromatic nitrogens is 2. The van der Waals surface area contributed by atoms with Gasteiger partial charge in [-0.05, 0) is 23.3 Å². The minimum atomic E-state index is -4.73. The van der Waals surface area contributed by atoms with Crippen LogP contribution in [0.4, 0.5) is 23.2 Å². The lowest BCUT2D eigenvalue weighted by molar-refractivity contribution is -0.149. The monoisotopic (exact) mass is 459 g/mol. The van der Waals surface area contributed by atoms with Crippen molar-refractivity contribution in [3.05, 3.63) is 68.1 Å². The number of hydrogen-bond donors (Lipinski definition) is 4. The van der Waals surface area contributed by atoms with Gasteiger partial charge in [0.15, 0.2) is 0 Å². The molecule has 1 aliphatic rings. The number of hydrogen-bond acceptors (Lipinski definition) is 7. The molecule has 2 aromatic rings. The molecule has 0 saturated carbocycles. The topological polar surface area (TPSA) is 123 Å². The van der Waals surface area contributed by atoms with Gasteiger partial charge in [-0.25, -0.2) is 15.0 Å². The average molecular weight is 460 g/mol. The number of alkyl halides is 3. The quantitative estimate of drug-likeness (QED) is 0.389. The molecule has 31 heavy (non-hydrogen) atoms. The minimum absolute atomic E-state index is 0.0483. The van der Waals surface area contributed by atoms with Crippen LogP contribution in [0.15, 0.2) is 45.7 Å². The fraction of sp³-hybridized carbons (Fsp3) is 0.333. The Bertz CT molecular complexity index is 1070. The normalized spacial score (nSPS) is 15.7. The SMILES string of the molecule is N=NC1=C(NCc2ccc(F)cc2[C@@H](N)C(F)(F)F)CCN(c2cn[nH]c(=O)c2Cl)C1. The molecule has 0 unspecified atom stereocenters. The van der Waals surface area contributed by atoms with Crippen LogP contribution in [-0.4, -0.2) is 29.5 Å². The van der Waals surface area contributed by atoms with E-state index in [9.17, 15) is 22.4 Å². The van der Waals surface area contributed by atoms with Crippen molar-refractivity contribution >= 4 is 17.3 Å². The fourth-order valence-corrected chi connectivity index (χ4v) is 3.44. The van der Waals surface area contributed by atoms with E-state index in [0.29, 0.717) is 30.0 Å². The van der Waals surface area contributed by atoms with Crippen LogP contribution in [0.2, 0.25) is 5.02 Å². The summed E-state index contributed by atoms with van der Waals surface area (Å²) in [5.74, 6) is -0.823. The first-order valence-electron chi connectivity index (χ1n) is 9.04. The summed E-state index contributed by atoms with van der Waals surface area (Å²) in [5.41, 5.74) is 13.2. The third-order valence-electron chi connectivity index (χ3n) is 4.86. The zero-order valence-corrected chi connectivity index (χ0v) is 16.7. The van der Waals surface area contributed by atoms with Crippen LogP contribution in [0.3, 0.4) is 0 Å². The number of rotatable bonds is 6. The number of nitrogens with one attached hydrogen (secondary N) is 3. The van der Waals surface area contributed by atoms with E-state index < -0.39 is 23.6 Å². The van der Waals surface area contributed by atoms with Crippen LogP contribution >= 0.6 is 11.6 Å². The molecule has 0 spiro atoms. The molecule has 3 rings (SSSR count). The van der Waals surface area contributed by atoms with Gasteiger partial charge in [0.1, 0.15) is 22.6 Å². The lowest BCUT2D eigenvalue weighted by atomic mass is 9.99. The molecule has 0 radical (unpaired) electrons. The van der Waals surface area contributed by atoms with E-state index in [1.54, 1.807) is 4.90 Å². The van der Waals surface area contributed by atoms with Crippen molar-refractivity contribution in [1.82, 2.24) is 15.5 Å². The summed E-state index contributed by atoms with van der Waals surface area (Å²) in [5, 5.41) is 12.3. The van der Waals surface area contributed by atoms with Crippen molar-refractivity contribution in [2.24, 2.45) is 10.8 Å². The van der Waals surface area contributed by atoms with Gasteiger partial charge in [-0.1, -0.05) is 17.7 Å².